The number of rotatable bonds is 7. The van der Waals surface area contributed by atoms with Gasteiger partial charge in [0.15, 0.2) is 5.11 Å². The maximum atomic E-state index is 12.2. The highest BCUT2D eigenvalue weighted by atomic mass is 32.1. The minimum absolute atomic E-state index is 0.0693. The molecule has 1 aliphatic heterocycles. The summed E-state index contributed by atoms with van der Waals surface area (Å²) in [6, 6.07) is 0. The number of hydrogen-bond donors (Lipinski definition) is 3. The van der Waals surface area contributed by atoms with Crippen LogP contribution >= 0.6 is 12.2 Å². The molecule has 1 aromatic rings. The Balaban J connectivity index is 2.01. The fourth-order valence-electron chi connectivity index (χ4n) is 3.18. The van der Waals surface area contributed by atoms with Gasteiger partial charge in [0.05, 0.1) is 6.54 Å². The topological polar surface area (TPSA) is 106 Å². The van der Waals surface area contributed by atoms with E-state index in [-0.39, 0.29) is 11.4 Å². The predicted molar refractivity (Wildman–Crippen MR) is 115 cm³/mol. The van der Waals surface area contributed by atoms with Gasteiger partial charge in [0.25, 0.3) is 5.56 Å². The molecule has 1 aromatic heterocycles. The fourth-order valence-corrected chi connectivity index (χ4v) is 3.36. The van der Waals surface area contributed by atoms with E-state index in [1.54, 1.807) is 6.92 Å². The van der Waals surface area contributed by atoms with E-state index >= 15 is 0 Å². The van der Waals surface area contributed by atoms with Gasteiger partial charge in [-0.1, -0.05) is 13.3 Å². The number of aromatic amines is 1. The van der Waals surface area contributed by atoms with E-state index in [4.69, 9.17) is 12.2 Å². The first-order valence-corrected chi connectivity index (χ1v) is 10.1. The number of aromatic nitrogens is 2. The molecule has 3 N–H and O–H groups in total. The van der Waals surface area contributed by atoms with Crippen LogP contribution in [0.4, 0.5) is 0 Å². The molecule has 0 spiro atoms. The van der Waals surface area contributed by atoms with Crippen LogP contribution in [0.3, 0.4) is 0 Å². The predicted octanol–water partition coefficient (Wildman–Crippen LogP) is -0.0268. The molecular formula is C18H30N6O3S. The summed E-state index contributed by atoms with van der Waals surface area (Å²) in [5.41, 5.74) is -0.700. The van der Waals surface area contributed by atoms with Crippen molar-refractivity contribution in [2.24, 2.45) is 4.99 Å². The van der Waals surface area contributed by atoms with Gasteiger partial charge in [-0.3, -0.25) is 24.2 Å². The monoisotopic (exact) mass is 410 g/mol. The van der Waals surface area contributed by atoms with E-state index in [9.17, 15) is 14.7 Å². The van der Waals surface area contributed by atoms with Crippen molar-refractivity contribution in [2.75, 3.05) is 46.3 Å². The number of thiocarbonyl (C=S) groups is 1. The highest BCUT2D eigenvalue weighted by Gasteiger charge is 2.19. The molecule has 9 nitrogen and oxygen atoms in total. The second kappa shape index (κ2) is 10.4. The Bertz CT molecular complexity index is 824. The minimum atomic E-state index is -0.606. The normalized spacial score (nSPS) is 15.7. The second-order valence-electron chi connectivity index (χ2n) is 6.81. The van der Waals surface area contributed by atoms with Crippen molar-refractivity contribution >= 4 is 23.0 Å². The largest absolute Gasteiger partial charge is 0.494 e. The van der Waals surface area contributed by atoms with E-state index in [1.165, 1.54) is 4.57 Å². The molecule has 28 heavy (non-hydrogen) atoms. The smallest absolute Gasteiger partial charge is 0.331 e. The number of piperazine rings is 1. The zero-order valence-corrected chi connectivity index (χ0v) is 17.6. The number of nitrogens with one attached hydrogen (secondary N) is 2. The molecule has 0 bridgehead atoms. The Labute approximate surface area is 170 Å². The Morgan fingerprint density at radius 2 is 1.93 bits per heavy atom. The van der Waals surface area contributed by atoms with E-state index in [0.717, 1.165) is 50.7 Å². The fraction of sp³-hybridized carbons (Fsp3) is 0.667. The van der Waals surface area contributed by atoms with Crippen LogP contribution in [0.1, 0.15) is 32.3 Å². The third-order valence-corrected chi connectivity index (χ3v) is 5.37. The van der Waals surface area contributed by atoms with Crippen molar-refractivity contribution in [3.05, 3.63) is 26.4 Å². The van der Waals surface area contributed by atoms with Crippen LogP contribution in [0.15, 0.2) is 14.6 Å². The van der Waals surface area contributed by atoms with Gasteiger partial charge >= 0.3 is 5.69 Å². The molecule has 2 rings (SSSR count). The summed E-state index contributed by atoms with van der Waals surface area (Å²) < 4.78 is 1.20. The Morgan fingerprint density at radius 3 is 2.54 bits per heavy atom. The van der Waals surface area contributed by atoms with Crippen molar-refractivity contribution in [1.82, 2.24) is 24.7 Å². The number of H-pyrrole nitrogens is 1. The van der Waals surface area contributed by atoms with Gasteiger partial charge in [-0.2, -0.15) is 0 Å². The maximum absolute atomic E-state index is 12.2. The molecule has 1 saturated heterocycles. The lowest BCUT2D eigenvalue weighted by Crippen LogP contribution is -2.51. The van der Waals surface area contributed by atoms with Crippen LogP contribution in [0.5, 0.6) is 5.88 Å². The number of hydrogen-bond acceptors (Lipinski definition) is 6. The molecule has 156 valence electrons. The first-order valence-electron chi connectivity index (χ1n) is 9.65. The molecule has 0 radical (unpaired) electrons. The van der Waals surface area contributed by atoms with Gasteiger partial charge in [0.2, 0.25) is 5.88 Å². The van der Waals surface area contributed by atoms with Crippen molar-refractivity contribution in [1.29, 1.82) is 0 Å². The quantitative estimate of drug-likeness (QED) is 0.428. The molecule has 10 heteroatoms. The first kappa shape index (κ1) is 22.1. The molecule has 0 atom stereocenters. The molecule has 0 unspecified atom stereocenters. The number of aliphatic imine (C=N–C) groups is 1. The average Bonchev–Trinajstić information content (AvgIpc) is 2.67. The van der Waals surface area contributed by atoms with Crippen molar-refractivity contribution < 1.29 is 5.11 Å². The summed E-state index contributed by atoms with van der Waals surface area (Å²) in [6.45, 7) is 8.82. The SMILES string of the molecule is CCCCn1c(O)c(C(C)=NCCN2CCN(C(=S)NC)CC2)c(=O)[nH]c1=O. The maximum Gasteiger partial charge on any atom is 0.331 e. The summed E-state index contributed by atoms with van der Waals surface area (Å²) in [4.78, 5) is 35.3. The van der Waals surface area contributed by atoms with Crippen molar-refractivity contribution in [2.45, 2.75) is 33.2 Å². The first-order chi connectivity index (χ1) is 13.4. The van der Waals surface area contributed by atoms with Crippen LogP contribution in [0.25, 0.3) is 0 Å². The van der Waals surface area contributed by atoms with Crippen LogP contribution in [0, 0.1) is 0 Å². The standard InChI is InChI=1S/C18H30N6O3S/c1-4-5-7-24-16(26)14(15(25)21-17(24)27)13(2)20-6-8-22-9-11-23(12-10-22)18(28)19-3/h26H,4-12H2,1-3H3,(H,19,28)(H,21,25,27). The molecule has 0 amide bonds. The van der Waals surface area contributed by atoms with Gasteiger partial charge in [-0.05, 0) is 25.6 Å². The van der Waals surface area contributed by atoms with E-state index in [2.05, 4.69) is 25.1 Å². The number of unbranched alkanes of at least 4 members (excludes halogenated alkanes) is 1. The van der Waals surface area contributed by atoms with E-state index in [0.29, 0.717) is 18.8 Å². The molecule has 0 saturated carbocycles. The number of nitrogens with zero attached hydrogens (tertiary/aromatic N) is 4. The lowest BCUT2D eigenvalue weighted by molar-refractivity contribution is 0.186. The van der Waals surface area contributed by atoms with Crippen LogP contribution in [-0.4, -0.2) is 81.6 Å². The van der Waals surface area contributed by atoms with Crippen LogP contribution < -0.4 is 16.6 Å². The van der Waals surface area contributed by atoms with Crippen LogP contribution in [-0.2, 0) is 6.54 Å². The molecule has 0 aromatic carbocycles. The summed E-state index contributed by atoms with van der Waals surface area (Å²) in [5, 5.41) is 14.2. The average molecular weight is 411 g/mol. The zero-order chi connectivity index (χ0) is 20.7. The van der Waals surface area contributed by atoms with Crippen LogP contribution in [0.2, 0.25) is 0 Å². The minimum Gasteiger partial charge on any atom is -0.494 e. The summed E-state index contributed by atoms with van der Waals surface area (Å²) >= 11 is 5.25. The third-order valence-electron chi connectivity index (χ3n) is 4.91. The van der Waals surface area contributed by atoms with Gasteiger partial charge in [-0.25, -0.2) is 4.79 Å². The van der Waals surface area contributed by atoms with E-state index < -0.39 is 11.2 Å². The summed E-state index contributed by atoms with van der Waals surface area (Å²) in [7, 11) is 1.83. The third kappa shape index (κ3) is 5.41. The van der Waals surface area contributed by atoms with Gasteiger partial charge in [0, 0.05) is 52.0 Å². The van der Waals surface area contributed by atoms with Crippen molar-refractivity contribution in [3.63, 3.8) is 0 Å². The van der Waals surface area contributed by atoms with E-state index in [1.807, 2.05) is 14.0 Å². The lowest BCUT2D eigenvalue weighted by Gasteiger charge is -2.35. The van der Waals surface area contributed by atoms with Gasteiger partial charge in [-0.15, -0.1) is 0 Å². The number of aromatic hydroxyl groups is 1. The Hall–Kier alpha value is -2.20. The Morgan fingerprint density at radius 1 is 1.25 bits per heavy atom. The van der Waals surface area contributed by atoms with Crippen molar-refractivity contribution in [3.8, 4) is 5.88 Å². The highest BCUT2D eigenvalue weighted by Crippen LogP contribution is 2.12. The zero-order valence-electron chi connectivity index (χ0n) is 16.8. The molecule has 1 fully saturated rings. The summed E-state index contributed by atoms with van der Waals surface area (Å²) in [5.74, 6) is -0.308. The molecular weight excluding hydrogens is 380 g/mol. The second-order valence-corrected chi connectivity index (χ2v) is 7.20. The molecule has 0 aliphatic carbocycles. The highest BCUT2D eigenvalue weighted by molar-refractivity contribution is 7.80. The van der Waals surface area contributed by atoms with Gasteiger partial charge < -0.3 is 15.3 Å². The molecule has 2 heterocycles. The Kier molecular flexibility index (Phi) is 8.18. The molecule has 1 aliphatic rings. The summed E-state index contributed by atoms with van der Waals surface area (Å²) in [6.07, 6.45) is 1.61. The van der Waals surface area contributed by atoms with Gasteiger partial charge in [0.1, 0.15) is 5.56 Å². The lowest BCUT2D eigenvalue weighted by atomic mass is 10.2.